The number of likely N-dealkylation sites (tertiary alicyclic amines) is 1. The zero-order valence-electron chi connectivity index (χ0n) is 18.3. The second-order valence-electron chi connectivity index (χ2n) is 8.20. The number of aromatic nitrogens is 2. The van der Waals surface area contributed by atoms with Crippen LogP contribution in [-0.4, -0.2) is 65.3 Å². The number of guanidine groups is 1. The van der Waals surface area contributed by atoms with Crippen molar-refractivity contribution in [2.75, 3.05) is 39.8 Å². The van der Waals surface area contributed by atoms with Crippen LogP contribution in [0.4, 0.5) is 0 Å². The lowest BCUT2D eigenvalue weighted by molar-refractivity contribution is 0.188. The molecule has 1 aliphatic heterocycles. The third kappa shape index (κ3) is 6.52. The summed E-state index contributed by atoms with van der Waals surface area (Å²) in [7, 11) is 4.13. The molecule has 6 heteroatoms. The van der Waals surface area contributed by atoms with Crippen molar-refractivity contribution in [3.05, 3.63) is 17.5 Å². The van der Waals surface area contributed by atoms with Crippen molar-refractivity contribution in [3.8, 4) is 0 Å². The van der Waals surface area contributed by atoms with Gasteiger partial charge in [-0.3, -0.25) is 9.67 Å². The molecule has 2 rings (SSSR count). The van der Waals surface area contributed by atoms with Gasteiger partial charge in [0.05, 0.1) is 5.69 Å². The highest BCUT2D eigenvalue weighted by Gasteiger charge is 2.19. The summed E-state index contributed by atoms with van der Waals surface area (Å²) >= 11 is 0. The average molecular weight is 377 g/mol. The molecule has 1 aliphatic rings. The Morgan fingerprint density at radius 2 is 2.04 bits per heavy atom. The van der Waals surface area contributed by atoms with Crippen LogP contribution >= 0.6 is 0 Å². The highest BCUT2D eigenvalue weighted by Crippen LogP contribution is 2.20. The number of aliphatic imine (C=N–C) groups is 1. The van der Waals surface area contributed by atoms with E-state index in [2.05, 4.69) is 61.2 Å². The molecular weight excluding hydrogens is 336 g/mol. The van der Waals surface area contributed by atoms with E-state index in [1.807, 2.05) is 11.7 Å². The molecule has 0 amide bonds. The largest absolute Gasteiger partial charge is 0.357 e. The molecule has 0 spiro atoms. The van der Waals surface area contributed by atoms with E-state index in [4.69, 9.17) is 4.99 Å². The van der Waals surface area contributed by atoms with Gasteiger partial charge in [0, 0.05) is 45.5 Å². The van der Waals surface area contributed by atoms with Gasteiger partial charge in [-0.05, 0) is 57.7 Å². The fourth-order valence-corrected chi connectivity index (χ4v) is 3.89. The minimum atomic E-state index is 0.433. The summed E-state index contributed by atoms with van der Waals surface area (Å²) in [5.74, 6) is 2.15. The fraction of sp³-hybridized carbons (Fsp3) is 0.810. The average Bonchev–Trinajstić information content (AvgIpc) is 3.00. The molecule has 1 fully saturated rings. The van der Waals surface area contributed by atoms with Crippen molar-refractivity contribution in [1.82, 2.24) is 24.9 Å². The molecule has 0 saturated carbocycles. The summed E-state index contributed by atoms with van der Waals surface area (Å²) in [6, 6.07) is 0. The minimum Gasteiger partial charge on any atom is -0.357 e. The van der Waals surface area contributed by atoms with Crippen molar-refractivity contribution < 1.29 is 0 Å². The lowest BCUT2D eigenvalue weighted by Gasteiger charge is -2.31. The zero-order chi connectivity index (χ0) is 19.8. The second-order valence-corrected chi connectivity index (χ2v) is 8.20. The standard InChI is InChI=1S/C21H40N6/c1-7-11-27-12-9-18(10-13-27)14-23-21(22-8-2)25(5)15-19-16-26(6)24-20(19)17(3)4/h16-18H,7-15H2,1-6H3,(H,22,23). The molecule has 1 saturated heterocycles. The Balaban J connectivity index is 1.96. The fourth-order valence-electron chi connectivity index (χ4n) is 3.89. The Hall–Kier alpha value is -1.56. The van der Waals surface area contributed by atoms with Crippen LogP contribution in [0, 0.1) is 5.92 Å². The smallest absolute Gasteiger partial charge is 0.193 e. The lowest BCUT2D eigenvalue weighted by Crippen LogP contribution is -2.39. The first-order valence-electron chi connectivity index (χ1n) is 10.7. The summed E-state index contributed by atoms with van der Waals surface area (Å²) in [6.07, 6.45) is 5.93. The van der Waals surface area contributed by atoms with Gasteiger partial charge in [-0.1, -0.05) is 20.8 Å². The van der Waals surface area contributed by atoms with E-state index in [-0.39, 0.29) is 0 Å². The highest BCUT2D eigenvalue weighted by molar-refractivity contribution is 5.79. The maximum Gasteiger partial charge on any atom is 0.193 e. The molecule has 0 atom stereocenters. The number of nitrogens with zero attached hydrogens (tertiary/aromatic N) is 5. The van der Waals surface area contributed by atoms with Gasteiger partial charge in [0.25, 0.3) is 0 Å². The van der Waals surface area contributed by atoms with Crippen molar-refractivity contribution >= 4 is 5.96 Å². The number of piperidine rings is 1. The molecule has 2 heterocycles. The van der Waals surface area contributed by atoms with Crippen LogP contribution in [0.25, 0.3) is 0 Å². The van der Waals surface area contributed by atoms with E-state index in [9.17, 15) is 0 Å². The Labute approximate surface area is 166 Å². The number of hydrogen-bond donors (Lipinski definition) is 1. The normalized spacial score (nSPS) is 16.9. The van der Waals surface area contributed by atoms with Crippen LogP contribution < -0.4 is 5.32 Å². The SMILES string of the molecule is CCCN1CCC(CN=C(NCC)N(C)Cc2cn(C)nc2C(C)C)CC1. The Bertz CT molecular complexity index is 583. The molecule has 27 heavy (non-hydrogen) atoms. The highest BCUT2D eigenvalue weighted by atomic mass is 15.3. The van der Waals surface area contributed by atoms with Crippen LogP contribution in [0.2, 0.25) is 0 Å². The number of rotatable bonds is 8. The summed E-state index contributed by atoms with van der Waals surface area (Å²) in [4.78, 5) is 9.80. The van der Waals surface area contributed by atoms with Crippen LogP contribution in [0.5, 0.6) is 0 Å². The first-order chi connectivity index (χ1) is 12.9. The number of nitrogens with one attached hydrogen (secondary N) is 1. The van der Waals surface area contributed by atoms with Gasteiger partial charge in [0.2, 0.25) is 0 Å². The Morgan fingerprint density at radius 3 is 2.63 bits per heavy atom. The van der Waals surface area contributed by atoms with Crippen LogP contribution in [0.3, 0.4) is 0 Å². The van der Waals surface area contributed by atoms with Gasteiger partial charge < -0.3 is 15.1 Å². The van der Waals surface area contributed by atoms with Crippen molar-refractivity contribution in [1.29, 1.82) is 0 Å². The van der Waals surface area contributed by atoms with E-state index in [0.29, 0.717) is 11.8 Å². The van der Waals surface area contributed by atoms with Crippen LogP contribution in [0.1, 0.15) is 64.1 Å². The lowest BCUT2D eigenvalue weighted by atomic mass is 9.97. The molecule has 0 unspecified atom stereocenters. The molecule has 0 aliphatic carbocycles. The third-order valence-electron chi connectivity index (χ3n) is 5.33. The molecule has 6 nitrogen and oxygen atoms in total. The van der Waals surface area contributed by atoms with Gasteiger partial charge in [0.15, 0.2) is 5.96 Å². The summed E-state index contributed by atoms with van der Waals surface area (Å²) in [6.45, 7) is 15.2. The topological polar surface area (TPSA) is 48.7 Å². The van der Waals surface area contributed by atoms with Crippen molar-refractivity contribution in [2.24, 2.45) is 18.0 Å². The van der Waals surface area contributed by atoms with E-state index < -0.39 is 0 Å². The van der Waals surface area contributed by atoms with E-state index >= 15 is 0 Å². The predicted molar refractivity (Wildman–Crippen MR) is 114 cm³/mol. The number of hydrogen-bond acceptors (Lipinski definition) is 3. The Morgan fingerprint density at radius 1 is 1.33 bits per heavy atom. The first kappa shape index (κ1) is 21.7. The Kier molecular flexibility index (Phi) is 8.61. The van der Waals surface area contributed by atoms with Crippen LogP contribution in [0.15, 0.2) is 11.2 Å². The molecule has 0 bridgehead atoms. The molecule has 0 aromatic carbocycles. The summed E-state index contributed by atoms with van der Waals surface area (Å²) < 4.78 is 1.92. The molecule has 1 aromatic rings. The van der Waals surface area contributed by atoms with Gasteiger partial charge in [-0.15, -0.1) is 0 Å². The molecule has 0 radical (unpaired) electrons. The van der Waals surface area contributed by atoms with Crippen molar-refractivity contribution in [3.63, 3.8) is 0 Å². The first-order valence-corrected chi connectivity index (χ1v) is 10.7. The predicted octanol–water partition coefficient (Wildman–Crippen LogP) is 3.06. The molecule has 1 N–H and O–H groups in total. The summed E-state index contributed by atoms with van der Waals surface area (Å²) in [5.41, 5.74) is 2.47. The van der Waals surface area contributed by atoms with E-state index in [1.165, 1.54) is 50.2 Å². The van der Waals surface area contributed by atoms with Gasteiger partial charge in [0.1, 0.15) is 0 Å². The number of aryl methyl sites for hydroxylation is 1. The van der Waals surface area contributed by atoms with E-state index in [0.717, 1.165) is 25.6 Å². The monoisotopic (exact) mass is 376 g/mol. The van der Waals surface area contributed by atoms with Gasteiger partial charge in [-0.2, -0.15) is 5.10 Å². The molecule has 1 aromatic heterocycles. The van der Waals surface area contributed by atoms with Gasteiger partial charge >= 0.3 is 0 Å². The molecule has 154 valence electrons. The quantitative estimate of drug-likeness (QED) is 0.560. The maximum atomic E-state index is 4.97. The minimum absolute atomic E-state index is 0.433. The third-order valence-corrected chi connectivity index (χ3v) is 5.33. The zero-order valence-corrected chi connectivity index (χ0v) is 18.3. The van der Waals surface area contributed by atoms with Crippen LogP contribution in [-0.2, 0) is 13.6 Å². The molecular formula is C21H40N6. The van der Waals surface area contributed by atoms with Crippen molar-refractivity contribution in [2.45, 2.75) is 59.4 Å². The maximum absolute atomic E-state index is 4.97. The van der Waals surface area contributed by atoms with E-state index in [1.54, 1.807) is 0 Å². The van der Waals surface area contributed by atoms with Gasteiger partial charge in [-0.25, -0.2) is 0 Å². The summed E-state index contributed by atoms with van der Waals surface area (Å²) in [5, 5.41) is 8.10. The second kappa shape index (κ2) is 10.7.